The Labute approximate surface area is 188 Å². The third-order valence-electron chi connectivity index (χ3n) is 4.46. The zero-order valence-electron chi connectivity index (χ0n) is 16.4. The summed E-state index contributed by atoms with van der Waals surface area (Å²) in [7, 11) is 0. The second-order valence-corrected chi connectivity index (χ2v) is 7.69. The van der Waals surface area contributed by atoms with E-state index in [1.807, 2.05) is 23.9 Å². The number of aliphatic imine (C=N–C) groups is 1. The summed E-state index contributed by atoms with van der Waals surface area (Å²) in [6.07, 6.45) is 5.76. The number of hydrogen-bond donors (Lipinski definition) is 4. The fraction of sp³-hybridized carbons (Fsp3) is 0.526. The molecule has 7 nitrogen and oxygen atoms in total. The highest BCUT2D eigenvalue weighted by molar-refractivity contribution is 14.0. The van der Waals surface area contributed by atoms with Gasteiger partial charge in [0.25, 0.3) is 5.91 Å². The van der Waals surface area contributed by atoms with Gasteiger partial charge in [-0.2, -0.15) is 11.8 Å². The van der Waals surface area contributed by atoms with E-state index in [9.17, 15) is 9.59 Å². The van der Waals surface area contributed by atoms with Gasteiger partial charge in [0.2, 0.25) is 5.91 Å². The molecule has 0 aliphatic heterocycles. The number of carbonyl (C=O) groups excluding carboxylic acids is 2. The van der Waals surface area contributed by atoms with Crippen LogP contribution in [0.2, 0.25) is 0 Å². The number of amides is 2. The largest absolute Gasteiger partial charge is 0.368 e. The summed E-state index contributed by atoms with van der Waals surface area (Å²) in [6.45, 7) is 3.22. The van der Waals surface area contributed by atoms with Crippen LogP contribution < -0.4 is 21.7 Å². The molecule has 1 fully saturated rings. The van der Waals surface area contributed by atoms with Crippen molar-refractivity contribution in [3.05, 3.63) is 35.4 Å². The minimum atomic E-state index is -0.566. The van der Waals surface area contributed by atoms with Gasteiger partial charge in [-0.3, -0.25) is 9.59 Å². The second-order valence-electron chi connectivity index (χ2n) is 6.55. The lowest BCUT2D eigenvalue weighted by atomic mass is 10.1. The molecule has 0 bridgehead atoms. The summed E-state index contributed by atoms with van der Waals surface area (Å²) < 4.78 is 0. The number of nitrogens with one attached hydrogen (secondary N) is 3. The molecule has 0 heterocycles. The van der Waals surface area contributed by atoms with Crippen LogP contribution in [0.4, 0.5) is 0 Å². The number of hydrogen-bond acceptors (Lipinski definition) is 4. The van der Waals surface area contributed by atoms with Crippen molar-refractivity contribution in [1.82, 2.24) is 16.0 Å². The van der Waals surface area contributed by atoms with E-state index in [0.29, 0.717) is 18.2 Å². The lowest BCUT2D eigenvalue weighted by molar-refractivity contribution is -0.117. The summed E-state index contributed by atoms with van der Waals surface area (Å²) in [6, 6.07) is 7.65. The van der Waals surface area contributed by atoms with Crippen LogP contribution in [0, 0.1) is 0 Å². The van der Waals surface area contributed by atoms with Crippen molar-refractivity contribution in [2.75, 3.05) is 19.3 Å². The number of carbonyl (C=O) groups is 2. The first-order valence-corrected chi connectivity index (χ1v) is 10.5. The van der Waals surface area contributed by atoms with Crippen molar-refractivity contribution in [2.24, 2.45) is 10.7 Å². The van der Waals surface area contributed by atoms with Crippen molar-refractivity contribution >= 4 is 53.5 Å². The number of rotatable bonds is 8. The molecule has 2 atom stereocenters. The average Bonchev–Trinajstić information content (AvgIpc) is 3.12. The third-order valence-corrected chi connectivity index (χ3v) is 5.56. The van der Waals surface area contributed by atoms with Gasteiger partial charge in [-0.1, -0.05) is 12.1 Å². The molecule has 0 aromatic heterocycles. The van der Waals surface area contributed by atoms with E-state index in [0.717, 1.165) is 23.3 Å². The summed E-state index contributed by atoms with van der Waals surface area (Å²) >= 11 is 1.94. The molecule has 5 N–H and O–H groups in total. The first kappa shape index (κ1) is 24.5. The highest BCUT2D eigenvalue weighted by Gasteiger charge is 2.24. The molecule has 1 aromatic rings. The van der Waals surface area contributed by atoms with E-state index in [-0.39, 0.29) is 36.4 Å². The van der Waals surface area contributed by atoms with Gasteiger partial charge in [0, 0.05) is 23.4 Å². The van der Waals surface area contributed by atoms with Crippen LogP contribution in [0.15, 0.2) is 29.3 Å². The first-order chi connectivity index (χ1) is 13.0. The van der Waals surface area contributed by atoms with Crippen LogP contribution in [-0.4, -0.2) is 48.4 Å². The van der Waals surface area contributed by atoms with Crippen LogP contribution in [0.1, 0.15) is 42.1 Å². The molecule has 0 spiro atoms. The number of thioether (sulfide) groups is 1. The lowest BCUT2D eigenvalue weighted by Crippen LogP contribution is -2.42. The number of nitrogens with zero attached hydrogens (tertiary/aromatic N) is 1. The van der Waals surface area contributed by atoms with Crippen molar-refractivity contribution in [3.8, 4) is 0 Å². The molecule has 2 unspecified atom stereocenters. The van der Waals surface area contributed by atoms with Gasteiger partial charge in [-0.25, -0.2) is 4.99 Å². The quantitative estimate of drug-likeness (QED) is 0.238. The van der Waals surface area contributed by atoms with Crippen LogP contribution in [0.25, 0.3) is 0 Å². The number of halogens is 1. The van der Waals surface area contributed by atoms with Crippen LogP contribution in [0.5, 0.6) is 0 Å². The Morgan fingerprint density at radius 3 is 2.50 bits per heavy atom. The van der Waals surface area contributed by atoms with Crippen molar-refractivity contribution in [3.63, 3.8) is 0 Å². The zero-order valence-corrected chi connectivity index (χ0v) is 19.5. The molecule has 1 saturated carbocycles. The van der Waals surface area contributed by atoms with Crippen LogP contribution >= 0.6 is 35.7 Å². The summed E-state index contributed by atoms with van der Waals surface area (Å²) in [5.41, 5.74) is 6.52. The Morgan fingerprint density at radius 1 is 1.21 bits per heavy atom. The molecular formula is C19H30IN5O2S. The van der Waals surface area contributed by atoms with E-state index >= 15 is 0 Å². The maximum absolute atomic E-state index is 11.9. The van der Waals surface area contributed by atoms with Gasteiger partial charge < -0.3 is 21.7 Å². The number of nitrogens with two attached hydrogens (primary N) is 1. The van der Waals surface area contributed by atoms with Gasteiger partial charge in [0.05, 0.1) is 13.1 Å². The molecule has 1 aromatic carbocycles. The number of guanidine groups is 1. The number of benzene rings is 1. The molecule has 2 rings (SSSR count). The molecule has 0 radical (unpaired) electrons. The van der Waals surface area contributed by atoms with Gasteiger partial charge in [0.15, 0.2) is 5.96 Å². The highest BCUT2D eigenvalue weighted by atomic mass is 127. The Hall–Kier alpha value is -1.49. The predicted molar refractivity (Wildman–Crippen MR) is 126 cm³/mol. The van der Waals surface area contributed by atoms with E-state index in [1.54, 1.807) is 12.1 Å². The third kappa shape index (κ3) is 8.26. The molecule has 156 valence electrons. The fourth-order valence-electron chi connectivity index (χ4n) is 3.00. The molecular weight excluding hydrogens is 489 g/mol. The first-order valence-electron chi connectivity index (χ1n) is 9.25. The Morgan fingerprint density at radius 2 is 1.93 bits per heavy atom. The Bertz CT molecular complexity index is 669. The van der Waals surface area contributed by atoms with E-state index in [2.05, 4.69) is 34.1 Å². The van der Waals surface area contributed by atoms with Crippen LogP contribution in [0.3, 0.4) is 0 Å². The van der Waals surface area contributed by atoms with E-state index < -0.39 is 5.91 Å². The maximum Gasteiger partial charge on any atom is 0.251 e. The molecule has 1 aliphatic rings. The normalized spacial score (nSPS) is 18.9. The maximum atomic E-state index is 11.9. The monoisotopic (exact) mass is 519 g/mol. The van der Waals surface area contributed by atoms with Gasteiger partial charge in [-0.15, -0.1) is 24.0 Å². The predicted octanol–water partition coefficient (Wildman–Crippen LogP) is 1.86. The second kappa shape index (κ2) is 12.9. The highest BCUT2D eigenvalue weighted by Crippen LogP contribution is 2.28. The summed E-state index contributed by atoms with van der Waals surface area (Å²) in [5, 5.41) is 10.0. The minimum absolute atomic E-state index is 0. The number of primary amides is 1. The minimum Gasteiger partial charge on any atom is -0.368 e. The van der Waals surface area contributed by atoms with Crippen molar-refractivity contribution < 1.29 is 9.59 Å². The standard InChI is InChI=1S/C19H29N5O2S.HI/c1-3-21-19(24-15-8-9-16(10-15)27-2)23-11-13-4-6-14(7-5-13)18(26)22-12-17(20)25;/h4-7,15-16H,3,8-12H2,1-2H3,(H2,20,25)(H,22,26)(H2,21,23,24);1H. The topological polar surface area (TPSA) is 109 Å². The van der Waals surface area contributed by atoms with Gasteiger partial charge in [-0.05, 0) is 50.1 Å². The lowest BCUT2D eigenvalue weighted by Gasteiger charge is -2.17. The Kier molecular flexibility index (Phi) is 11.3. The van der Waals surface area contributed by atoms with Gasteiger partial charge in [0.1, 0.15) is 0 Å². The molecule has 28 heavy (non-hydrogen) atoms. The summed E-state index contributed by atoms with van der Waals surface area (Å²) in [4.78, 5) is 27.3. The van der Waals surface area contributed by atoms with E-state index in [4.69, 9.17) is 5.73 Å². The van der Waals surface area contributed by atoms with E-state index in [1.165, 1.54) is 19.3 Å². The SMILES string of the molecule is CCNC(=NCc1ccc(C(=O)NCC(N)=O)cc1)NC1CCC(SC)C1.I. The van der Waals surface area contributed by atoms with Crippen molar-refractivity contribution in [2.45, 2.75) is 44.0 Å². The smallest absolute Gasteiger partial charge is 0.251 e. The molecule has 2 amide bonds. The zero-order chi connectivity index (χ0) is 19.6. The summed E-state index contributed by atoms with van der Waals surface area (Å²) in [5.74, 6) is -0.0557. The molecule has 0 saturated heterocycles. The van der Waals surface area contributed by atoms with Gasteiger partial charge >= 0.3 is 0 Å². The molecule has 1 aliphatic carbocycles. The molecule has 9 heteroatoms. The average molecular weight is 519 g/mol. The Balaban J connectivity index is 0.00000392. The van der Waals surface area contributed by atoms with Crippen LogP contribution in [-0.2, 0) is 11.3 Å². The van der Waals surface area contributed by atoms with Crippen molar-refractivity contribution in [1.29, 1.82) is 0 Å². The fourth-order valence-corrected chi connectivity index (χ4v) is 3.80.